The van der Waals surface area contributed by atoms with E-state index in [1.165, 1.54) is 67.3 Å². The molecule has 7 rings (SSSR count). The molecule has 1 aliphatic heterocycles. The van der Waals surface area contributed by atoms with E-state index in [-0.39, 0.29) is 12.1 Å². The van der Waals surface area contributed by atoms with Crippen molar-refractivity contribution in [1.29, 1.82) is 0 Å². The highest BCUT2D eigenvalue weighted by Gasteiger charge is 2.51. The topological polar surface area (TPSA) is 26.0 Å². The van der Waals surface area contributed by atoms with Gasteiger partial charge in [0.25, 0.3) is 0 Å². The van der Waals surface area contributed by atoms with E-state index in [4.69, 9.17) is 5.73 Å². The molecular formula is C40H36BN. The lowest BCUT2D eigenvalue weighted by molar-refractivity contribution is 0.701. The predicted octanol–water partition coefficient (Wildman–Crippen LogP) is 8.39. The van der Waals surface area contributed by atoms with Crippen LogP contribution in [0.1, 0.15) is 38.3 Å². The highest BCUT2D eigenvalue weighted by Crippen LogP contribution is 2.56. The third-order valence-electron chi connectivity index (χ3n) is 9.66. The molecule has 5 aromatic carbocycles. The van der Waals surface area contributed by atoms with Crippen molar-refractivity contribution in [2.24, 2.45) is 11.7 Å². The van der Waals surface area contributed by atoms with E-state index in [2.05, 4.69) is 154 Å². The molecule has 2 N–H and O–H groups in total. The van der Waals surface area contributed by atoms with Crippen LogP contribution in [0.15, 0.2) is 139 Å². The monoisotopic (exact) mass is 541 g/mol. The summed E-state index contributed by atoms with van der Waals surface area (Å²) in [5.41, 5.74) is 22.2. The van der Waals surface area contributed by atoms with Gasteiger partial charge in [-0.1, -0.05) is 152 Å². The molecule has 0 spiro atoms. The van der Waals surface area contributed by atoms with Crippen molar-refractivity contribution in [3.05, 3.63) is 150 Å². The number of allylic oxidation sites excluding steroid dienone is 3. The molecule has 1 aliphatic carbocycles. The molecule has 1 nitrogen and oxygen atoms in total. The molecular weight excluding hydrogens is 505 g/mol. The van der Waals surface area contributed by atoms with Gasteiger partial charge in [-0.25, -0.2) is 0 Å². The predicted molar refractivity (Wildman–Crippen MR) is 181 cm³/mol. The standard InChI is InChI=1S/C40H36BN/c1-4-15-35-39(42)37-34(40(3)26-27(40)2)24-31(28-16-8-5-9-17-28)25-36(37)41(35)38-32(29-18-10-6-11-19-29)22-14-23-33(38)30-20-12-7-13-21-30/h4-25,27H,26,42H2,1-3H3/b15-4-/t27-,40?/m0/s1. The summed E-state index contributed by atoms with van der Waals surface area (Å²) in [7, 11) is 0. The Balaban J connectivity index is 1.58. The Morgan fingerprint density at radius 3 is 1.74 bits per heavy atom. The van der Waals surface area contributed by atoms with Crippen LogP contribution in [0.3, 0.4) is 0 Å². The maximum atomic E-state index is 7.27. The van der Waals surface area contributed by atoms with Crippen LogP contribution in [0.25, 0.3) is 39.1 Å². The number of hydrogen-bond donors (Lipinski definition) is 1. The molecule has 0 saturated heterocycles. The molecule has 1 fully saturated rings. The van der Waals surface area contributed by atoms with Crippen LogP contribution in [0.2, 0.25) is 0 Å². The number of rotatable bonds is 6. The Kier molecular flexibility index (Phi) is 6.51. The van der Waals surface area contributed by atoms with E-state index in [0.717, 1.165) is 5.70 Å². The zero-order valence-corrected chi connectivity index (χ0v) is 24.6. The summed E-state index contributed by atoms with van der Waals surface area (Å²) in [6, 6.07) is 44.1. The minimum absolute atomic E-state index is 0.00267. The van der Waals surface area contributed by atoms with Crippen LogP contribution < -0.4 is 16.7 Å². The van der Waals surface area contributed by atoms with Gasteiger partial charge < -0.3 is 5.73 Å². The van der Waals surface area contributed by atoms with Gasteiger partial charge in [-0.05, 0) is 80.7 Å². The Bertz CT molecular complexity index is 1780. The number of hydrogen-bond acceptors (Lipinski definition) is 1. The van der Waals surface area contributed by atoms with Gasteiger partial charge in [-0.3, -0.25) is 0 Å². The van der Waals surface area contributed by atoms with Crippen molar-refractivity contribution in [3.8, 4) is 33.4 Å². The molecule has 204 valence electrons. The van der Waals surface area contributed by atoms with E-state index in [9.17, 15) is 0 Å². The van der Waals surface area contributed by atoms with Crippen LogP contribution in [0.4, 0.5) is 0 Å². The zero-order chi connectivity index (χ0) is 28.8. The minimum Gasteiger partial charge on any atom is -0.399 e. The zero-order valence-electron chi connectivity index (χ0n) is 24.6. The van der Waals surface area contributed by atoms with Crippen molar-refractivity contribution in [3.63, 3.8) is 0 Å². The minimum atomic E-state index is 0.00267. The maximum Gasteiger partial charge on any atom is 0.246 e. The van der Waals surface area contributed by atoms with E-state index in [0.29, 0.717) is 5.92 Å². The fraction of sp³-hybridized carbons (Fsp3) is 0.150. The van der Waals surface area contributed by atoms with Crippen molar-refractivity contribution < 1.29 is 0 Å². The van der Waals surface area contributed by atoms with Gasteiger partial charge in [0.05, 0.1) is 0 Å². The molecule has 5 aromatic rings. The first-order valence-electron chi connectivity index (χ1n) is 15.1. The van der Waals surface area contributed by atoms with Gasteiger partial charge in [-0.15, -0.1) is 0 Å². The Hall–Kier alpha value is -4.56. The number of nitrogens with two attached hydrogens (primary N) is 1. The van der Waals surface area contributed by atoms with E-state index in [1.54, 1.807) is 0 Å². The van der Waals surface area contributed by atoms with Crippen molar-refractivity contribution >= 4 is 23.3 Å². The van der Waals surface area contributed by atoms with E-state index in [1.807, 2.05) is 0 Å². The first kappa shape index (κ1) is 26.4. The van der Waals surface area contributed by atoms with Gasteiger partial charge in [0.2, 0.25) is 6.71 Å². The normalized spacial score (nSPS) is 19.4. The quantitative estimate of drug-likeness (QED) is 0.215. The Labute approximate surface area is 250 Å². The maximum absolute atomic E-state index is 7.27. The van der Waals surface area contributed by atoms with Crippen molar-refractivity contribution in [2.45, 2.75) is 32.6 Å². The number of fused-ring (bicyclic) bond motifs is 1. The molecule has 0 aromatic heterocycles. The summed E-state index contributed by atoms with van der Waals surface area (Å²) < 4.78 is 0. The van der Waals surface area contributed by atoms with Crippen molar-refractivity contribution in [1.82, 2.24) is 0 Å². The smallest absolute Gasteiger partial charge is 0.246 e. The lowest BCUT2D eigenvalue weighted by Gasteiger charge is -2.24. The van der Waals surface area contributed by atoms with Gasteiger partial charge in [0.15, 0.2) is 0 Å². The lowest BCUT2D eigenvalue weighted by atomic mass is 9.36. The number of benzene rings is 5. The van der Waals surface area contributed by atoms with Crippen LogP contribution in [0, 0.1) is 5.92 Å². The van der Waals surface area contributed by atoms with Crippen LogP contribution >= 0.6 is 0 Å². The van der Waals surface area contributed by atoms with E-state index < -0.39 is 0 Å². The fourth-order valence-electron chi connectivity index (χ4n) is 7.15. The van der Waals surface area contributed by atoms with Crippen molar-refractivity contribution in [2.75, 3.05) is 0 Å². The Morgan fingerprint density at radius 2 is 1.24 bits per heavy atom. The highest BCUT2D eigenvalue weighted by molar-refractivity contribution is 6.96. The van der Waals surface area contributed by atoms with E-state index >= 15 is 0 Å². The Morgan fingerprint density at radius 1 is 0.714 bits per heavy atom. The molecule has 42 heavy (non-hydrogen) atoms. The van der Waals surface area contributed by atoms with Crippen LogP contribution in [-0.2, 0) is 5.41 Å². The molecule has 0 bridgehead atoms. The highest BCUT2D eigenvalue weighted by atomic mass is 14.6. The summed E-state index contributed by atoms with van der Waals surface area (Å²) in [5, 5.41) is 0. The molecule has 0 amide bonds. The molecule has 0 radical (unpaired) electrons. The SMILES string of the molecule is C/C=C\C1=C(N)c2c(cc(-c3ccccc3)cc2C2(C)C[C@@H]2C)B1c1c(-c2ccccc2)cccc1-c1ccccc1. The second-order valence-electron chi connectivity index (χ2n) is 12.2. The average molecular weight is 542 g/mol. The summed E-state index contributed by atoms with van der Waals surface area (Å²) in [6.07, 6.45) is 5.58. The van der Waals surface area contributed by atoms with Crippen LogP contribution in [-0.4, -0.2) is 6.71 Å². The lowest BCUT2D eigenvalue weighted by Crippen LogP contribution is -2.44. The molecule has 1 heterocycles. The molecule has 2 heteroatoms. The van der Waals surface area contributed by atoms with Gasteiger partial charge in [-0.2, -0.15) is 0 Å². The van der Waals surface area contributed by atoms with Gasteiger partial charge in [0.1, 0.15) is 0 Å². The summed E-state index contributed by atoms with van der Waals surface area (Å²) >= 11 is 0. The summed E-state index contributed by atoms with van der Waals surface area (Å²) in [4.78, 5) is 0. The first-order valence-corrected chi connectivity index (χ1v) is 15.1. The second-order valence-corrected chi connectivity index (χ2v) is 12.2. The van der Waals surface area contributed by atoms with Gasteiger partial charge in [0, 0.05) is 5.70 Å². The molecule has 2 atom stereocenters. The molecule has 1 unspecified atom stereocenters. The largest absolute Gasteiger partial charge is 0.399 e. The second kappa shape index (κ2) is 10.4. The fourth-order valence-corrected chi connectivity index (χ4v) is 7.15. The summed E-state index contributed by atoms with van der Waals surface area (Å²) in [5.74, 6) is 0.626. The van der Waals surface area contributed by atoms with Crippen LogP contribution in [0.5, 0.6) is 0 Å². The van der Waals surface area contributed by atoms with Gasteiger partial charge >= 0.3 is 0 Å². The third kappa shape index (κ3) is 4.25. The molecule has 2 aliphatic rings. The first-order chi connectivity index (χ1) is 20.5. The average Bonchev–Trinajstić information content (AvgIpc) is 3.57. The summed E-state index contributed by atoms with van der Waals surface area (Å²) in [6.45, 7) is 6.90. The molecule has 1 saturated carbocycles. The third-order valence-corrected chi connectivity index (χ3v) is 9.66.